The molecule has 1 aromatic carbocycles. The van der Waals surface area contributed by atoms with E-state index in [1.165, 1.54) is 11.9 Å². The average molecular weight is 443 g/mol. The van der Waals surface area contributed by atoms with Crippen LogP contribution < -0.4 is 0 Å². The van der Waals surface area contributed by atoms with Crippen molar-refractivity contribution >= 4 is 29.0 Å². The topological polar surface area (TPSA) is 83.5 Å². The van der Waals surface area contributed by atoms with E-state index in [9.17, 15) is 18.0 Å². The van der Waals surface area contributed by atoms with Crippen molar-refractivity contribution in [3.05, 3.63) is 53.5 Å². The molecule has 166 valence electrons. The molecule has 1 aliphatic carbocycles. The third-order valence-corrected chi connectivity index (χ3v) is 6.03. The summed E-state index contributed by atoms with van der Waals surface area (Å²) >= 11 is 0. The van der Waals surface area contributed by atoms with Gasteiger partial charge >= 0.3 is 6.18 Å². The van der Waals surface area contributed by atoms with E-state index in [-0.39, 0.29) is 41.3 Å². The number of nitrogens with zero attached hydrogens (tertiary/aromatic N) is 4. The predicted molar refractivity (Wildman–Crippen MR) is 111 cm³/mol. The van der Waals surface area contributed by atoms with E-state index in [1.807, 2.05) is 23.1 Å². The smallest absolute Gasteiger partial charge is 0.370 e. The molecular formula is C22H20F3N5O2. The van der Waals surface area contributed by atoms with Gasteiger partial charge in [-0.2, -0.15) is 13.2 Å². The number of alkyl halides is 3. The minimum atomic E-state index is -4.52. The van der Waals surface area contributed by atoms with Gasteiger partial charge in [0.25, 0.3) is 0 Å². The molecule has 2 aromatic heterocycles. The highest BCUT2D eigenvalue weighted by atomic mass is 19.4. The molecule has 10 heteroatoms. The van der Waals surface area contributed by atoms with Crippen molar-refractivity contribution in [2.75, 3.05) is 19.8 Å². The van der Waals surface area contributed by atoms with Gasteiger partial charge in [0.05, 0.1) is 12.0 Å². The second-order valence-corrected chi connectivity index (χ2v) is 7.89. The third kappa shape index (κ3) is 3.75. The van der Waals surface area contributed by atoms with Crippen LogP contribution in [0, 0.1) is 0 Å². The first-order chi connectivity index (χ1) is 15.4. The molecule has 3 aromatic rings. The van der Waals surface area contributed by atoms with E-state index in [1.54, 1.807) is 6.21 Å². The van der Waals surface area contributed by atoms with Crippen LogP contribution in [0.5, 0.6) is 0 Å². The Morgan fingerprint density at radius 2 is 2.09 bits per heavy atom. The van der Waals surface area contributed by atoms with Crippen molar-refractivity contribution in [3.63, 3.8) is 0 Å². The fourth-order valence-corrected chi connectivity index (χ4v) is 4.52. The molecule has 1 amide bonds. The molecule has 1 saturated heterocycles. The van der Waals surface area contributed by atoms with Gasteiger partial charge < -0.3 is 14.6 Å². The maximum atomic E-state index is 13.1. The monoisotopic (exact) mass is 443 g/mol. The number of H-pyrrole nitrogens is 1. The molecule has 1 fully saturated rings. The van der Waals surface area contributed by atoms with Crippen molar-refractivity contribution in [2.24, 2.45) is 4.99 Å². The lowest BCUT2D eigenvalue weighted by atomic mass is 9.79. The molecule has 2 aliphatic rings. The van der Waals surface area contributed by atoms with Crippen LogP contribution in [0.4, 0.5) is 19.0 Å². The van der Waals surface area contributed by atoms with E-state index in [4.69, 9.17) is 4.74 Å². The van der Waals surface area contributed by atoms with Crippen molar-refractivity contribution < 1.29 is 22.7 Å². The van der Waals surface area contributed by atoms with Crippen LogP contribution >= 0.6 is 0 Å². The van der Waals surface area contributed by atoms with Gasteiger partial charge in [-0.15, -0.1) is 0 Å². The fraction of sp³-hybridized carbons (Fsp3) is 0.364. The zero-order valence-electron chi connectivity index (χ0n) is 17.0. The molecule has 1 aliphatic heterocycles. The second kappa shape index (κ2) is 8.01. The Morgan fingerprint density at radius 3 is 2.91 bits per heavy atom. The van der Waals surface area contributed by atoms with E-state index in [2.05, 4.69) is 26.0 Å². The van der Waals surface area contributed by atoms with Crippen LogP contribution in [0.3, 0.4) is 0 Å². The number of hydrogen-bond donors (Lipinski definition) is 1. The van der Waals surface area contributed by atoms with Crippen molar-refractivity contribution in [2.45, 2.75) is 31.0 Å². The van der Waals surface area contributed by atoms with Gasteiger partial charge in [0.1, 0.15) is 24.3 Å². The van der Waals surface area contributed by atoms with Gasteiger partial charge in [0, 0.05) is 24.7 Å². The maximum Gasteiger partial charge on any atom is 0.431 e. The maximum absolute atomic E-state index is 13.1. The number of nitrogens with one attached hydrogen (secondary N) is 1. The van der Waals surface area contributed by atoms with Gasteiger partial charge in [-0.1, -0.05) is 24.3 Å². The number of carbonyl (C=O) groups excluding carboxylic acids is 1. The third-order valence-electron chi connectivity index (χ3n) is 6.03. The van der Waals surface area contributed by atoms with E-state index >= 15 is 0 Å². The summed E-state index contributed by atoms with van der Waals surface area (Å²) in [7, 11) is 0. The summed E-state index contributed by atoms with van der Waals surface area (Å²) in [5.41, 5.74) is 1.41. The summed E-state index contributed by atoms with van der Waals surface area (Å²) in [6.45, 7) is 1.03. The molecule has 0 spiro atoms. The molecule has 0 bridgehead atoms. The quantitative estimate of drug-likeness (QED) is 0.627. The number of ether oxygens (including phenoxy) is 1. The number of aryl methyl sites for hydroxylation is 1. The number of halogens is 3. The van der Waals surface area contributed by atoms with Crippen molar-refractivity contribution in [1.82, 2.24) is 19.9 Å². The average Bonchev–Trinajstić information content (AvgIpc) is 3.24. The Morgan fingerprint density at radius 1 is 1.25 bits per heavy atom. The van der Waals surface area contributed by atoms with Crippen molar-refractivity contribution in [3.8, 4) is 0 Å². The van der Waals surface area contributed by atoms with E-state index in [0.29, 0.717) is 13.2 Å². The van der Waals surface area contributed by atoms with Crippen LogP contribution in [0.25, 0.3) is 11.0 Å². The Balaban J connectivity index is 1.54. The molecule has 2 atom stereocenters. The van der Waals surface area contributed by atoms with Gasteiger partial charge in [-0.3, -0.25) is 4.79 Å². The van der Waals surface area contributed by atoms with E-state index < -0.39 is 11.9 Å². The van der Waals surface area contributed by atoms with Crippen LogP contribution in [-0.2, 0) is 22.1 Å². The summed E-state index contributed by atoms with van der Waals surface area (Å²) in [4.78, 5) is 29.1. The first-order valence-electron chi connectivity index (χ1n) is 10.3. The molecule has 3 heterocycles. The van der Waals surface area contributed by atoms with E-state index in [0.717, 1.165) is 24.5 Å². The molecule has 5 rings (SSSR count). The summed E-state index contributed by atoms with van der Waals surface area (Å²) < 4.78 is 44.7. The number of carbonyl (C=O) groups is 1. The van der Waals surface area contributed by atoms with Gasteiger partial charge in [-0.25, -0.2) is 15.0 Å². The Bertz CT molecular complexity index is 1190. The molecule has 32 heavy (non-hydrogen) atoms. The molecule has 1 unspecified atom stereocenters. The lowest BCUT2D eigenvalue weighted by Crippen LogP contribution is -2.51. The van der Waals surface area contributed by atoms with Gasteiger partial charge in [-0.05, 0) is 30.0 Å². The normalized spacial score (nSPS) is 22.0. The summed E-state index contributed by atoms with van der Waals surface area (Å²) in [5.74, 6) is -0.131. The SMILES string of the molecule is O=C1COCCN1[C@H]1CCc2ccccc2C1C=Nc1ncnc2[nH]c(C(F)(F)F)cc12. The minimum absolute atomic E-state index is 0.0537. The number of aromatic nitrogens is 3. The molecule has 7 nitrogen and oxygen atoms in total. The Labute approximate surface area is 181 Å². The number of morpholine rings is 1. The number of hydrogen-bond acceptors (Lipinski definition) is 5. The lowest BCUT2D eigenvalue weighted by molar-refractivity contribution is -0.146. The predicted octanol–water partition coefficient (Wildman–Crippen LogP) is 3.64. The molecular weight excluding hydrogens is 423 g/mol. The number of amides is 1. The first kappa shape index (κ1) is 20.6. The standard InChI is InChI=1S/C22H20F3N5O2/c23-22(24,25)18-9-15-20(27-12-28-21(15)29-18)26-10-16-14-4-2-1-3-13(14)5-6-17(16)30-7-8-32-11-19(30)31/h1-4,9-10,12,16-17H,5-8,11H2,(H,27,28,29)/t16?,17-/m0/s1. The first-order valence-corrected chi connectivity index (χ1v) is 10.3. The second-order valence-electron chi connectivity index (χ2n) is 7.89. The number of fused-ring (bicyclic) bond motifs is 2. The van der Waals surface area contributed by atoms with Crippen LogP contribution in [-0.4, -0.2) is 57.8 Å². The highest BCUT2D eigenvalue weighted by Crippen LogP contribution is 2.36. The Hall–Kier alpha value is -3.27. The minimum Gasteiger partial charge on any atom is -0.370 e. The number of rotatable bonds is 3. The van der Waals surface area contributed by atoms with Crippen LogP contribution in [0.15, 0.2) is 41.7 Å². The molecule has 0 saturated carbocycles. The van der Waals surface area contributed by atoms with Crippen molar-refractivity contribution in [1.29, 1.82) is 0 Å². The number of aromatic amines is 1. The zero-order valence-corrected chi connectivity index (χ0v) is 17.0. The molecule has 0 radical (unpaired) electrons. The zero-order chi connectivity index (χ0) is 22.3. The number of aliphatic imine (C=N–C) groups is 1. The highest BCUT2D eigenvalue weighted by molar-refractivity contribution is 5.89. The summed E-state index contributed by atoms with van der Waals surface area (Å²) in [5, 5.41) is 0.194. The van der Waals surface area contributed by atoms with Crippen LogP contribution in [0.1, 0.15) is 29.2 Å². The number of benzene rings is 1. The van der Waals surface area contributed by atoms with Gasteiger partial charge in [0.15, 0.2) is 5.82 Å². The van der Waals surface area contributed by atoms with Crippen LogP contribution in [0.2, 0.25) is 0 Å². The highest BCUT2D eigenvalue weighted by Gasteiger charge is 2.36. The summed E-state index contributed by atoms with van der Waals surface area (Å²) in [6.07, 6.45) is -0.0377. The molecule has 1 N–H and O–H groups in total. The van der Waals surface area contributed by atoms with Gasteiger partial charge in [0.2, 0.25) is 5.91 Å². The summed E-state index contributed by atoms with van der Waals surface area (Å²) in [6, 6.07) is 8.83. The Kier molecular flexibility index (Phi) is 5.16. The largest absolute Gasteiger partial charge is 0.431 e. The fourth-order valence-electron chi connectivity index (χ4n) is 4.52. The lowest BCUT2D eigenvalue weighted by Gasteiger charge is -2.41.